The Balaban J connectivity index is 1.71. The molecular formula is C17H16F3NO9S. The summed E-state index contributed by atoms with van der Waals surface area (Å²) >= 11 is 0. The molecule has 0 aliphatic carbocycles. The van der Waals surface area contributed by atoms with E-state index >= 15 is 0 Å². The molecule has 1 aliphatic rings. The fourth-order valence-electron chi connectivity index (χ4n) is 2.74. The van der Waals surface area contributed by atoms with Crippen LogP contribution in [0.25, 0.3) is 11.3 Å². The van der Waals surface area contributed by atoms with Gasteiger partial charge in [-0.25, -0.2) is 0 Å². The molecule has 1 aliphatic heterocycles. The van der Waals surface area contributed by atoms with Crippen molar-refractivity contribution >= 4 is 10.1 Å². The second kappa shape index (κ2) is 8.57. The van der Waals surface area contributed by atoms with Gasteiger partial charge in [-0.1, -0.05) is 0 Å². The number of hydrogen-bond acceptors (Lipinski definition) is 9. The van der Waals surface area contributed by atoms with Gasteiger partial charge in [-0.15, -0.1) is 13.2 Å². The molecule has 0 amide bonds. The third kappa shape index (κ3) is 5.61. The standard InChI is InChI=1S/C17H16F3NO9S/c18-17(19,20)30-9-3-1-8(2-4-9)11-6-5-10(7-21-11)28-15-13(23)12(22)14(24)16(29-15)31(25,26)27/h1-7,12-16,22-24H,(H,25,26,27)/t12-,13-,14+,15-,16?/m1/s1. The summed E-state index contributed by atoms with van der Waals surface area (Å²) in [5.74, 6) is -0.448. The van der Waals surface area contributed by atoms with Crippen LogP contribution in [0.1, 0.15) is 0 Å². The third-order valence-electron chi connectivity index (χ3n) is 4.19. The summed E-state index contributed by atoms with van der Waals surface area (Å²) in [7, 11) is -4.93. The van der Waals surface area contributed by atoms with Crippen LogP contribution >= 0.6 is 0 Å². The summed E-state index contributed by atoms with van der Waals surface area (Å²) < 4.78 is 82.2. The van der Waals surface area contributed by atoms with Crippen LogP contribution in [0, 0.1) is 0 Å². The SMILES string of the molecule is O=S(=O)(O)C1O[C@@H](Oc2ccc(-c3ccc(OC(F)(F)F)cc3)nc2)[C@H](O)[C@@H](O)[C@@H]1O. The Kier molecular flexibility index (Phi) is 6.40. The number of benzene rings is 1. The number of ether oxygens (including phenoxy) is 3. The Morgan fingerprint density at radius 1 is 0.935 bits per heavy atom. The van der Waals surface area contributed by atoms with E-state index in [1.807, 2.05) is 0 Å². The van der Waals surface area contributed by atoms with Crippen molar-refractivity contribution < 1.29 is 55.7 Å². The molecule has 2 heterocycles. The molecule has 1 aromatic carbocycles. The summed E-state index contributed by atoms with van der Waals surface area (Å²) in [5.41, 5.74) is -1.47. The highest BCUT2D eigenvalue weighted by molar-refractivity contribution is 7.86. The van der Waals surface area contributed by atoms with Crippen molar-refractivity contribution in [3.8, 4) is 22.8 Å². The molecule has 1 saturated heterocycles. The quantitative estimate of drug-likeness (QED) is 0.461. The van der Waals surface area contributed by atoms with Crippen LogP contribution in [0.4, 0.5) is 13.2 Å². The van der Waals surface area contributed by atoms with Gasteiger partial charge >= 0.3 is 6.36 Å². The topological polar surface area (TPSA) is 156 Å². The number of halogens is 3. The van der Waals surface area contributed by atoms with Crippen molar-refractivity contribution in [2.45, 2.75) is 36.4 Å². The van der Waals surface area contributed by atoms with Crippen LogP contribution in [0.2, 0.25) is 0 Å². The maximum Gasteiger partial charge on any atom is 0.573 e. The van der Waals surface area contributed by atoms with Crippen LogP contribution in [0.15, 0.2) is 42.6 Å². The molecule has 3 rings (SSSR count). The first-order chi connectivity index (χ1) is 14.3. The zero-order valence-electron chi connectivity index (χ0n) is 15.2. The summed E-state index contributed by atoms with van der Waals surface area (Å²) in [6, 6.07) is 7.62. The average Bonchev–Trinajstić information content (AvgIpc) is 2.67. The van der Waals surface area contributed by atoms with E-state index in [2.05, 4.69) is 9.72 Å². The van der Waals surface area contributed by atoms with Crippen molar-refractivity contribution in [1.82, 2.24) is 4.98 Å². The van der Waals surface area contributed by atoms with Gasteiger partial charge in [-0.2, -0.15) is 8.42 Å². The zero-order valence-corrected chi connectivity index (χ0v) is 16.1. The number of rotatable bonds is 5. The lowest BCUT2D eigenvalue weighted by atomic mass is 10.1. The van der Waals surface area contributed by atoms with Crippen LogP contribution in [0.5, 0.6) is 11.5 Å². The minimum Gasteiger partial charge on any atom is -0.460 e. The van der Waals surface area contributed by atoms with E-state index in [1.165, 1.54) is 24.3 Å². The largest absolute Gasteiger partial charge is 0.573 e. The average molecular weight is 467 g/mol. The molecule has 2 aromatic rings. The Morgan fingerprint density at radius 2 is 1.55 bits per heavy atom. The first-order valence-corrected chi connectivity index (χ1v) is 10.0. The number of aliphatic hydroxyl groups is 3. The number of alkyl halides is 3. The summed E-state index contributed by atoms with van der Waals surface area (Å²) in [6.45, 7) is 0. The number of nitrogens with zero attached hydrogens (tertiary/aromatic N) is 1. The molecule has 170 valence electrons. The maximum absolute atomic E-state index is 12.2. The highest BCUT2D eigenvalue weighted by Crippen LogP contribution is 2.29. The van der Waals surface area contributed by atoms with Crippen molar-refractivity contribution in [1.29, 1.82) is 0 Å². The molecule has 1 aromatic heterocycles. The van der Waals surface area contributed by atoms with Crippen molar-refractivity contribution in [3.05, 3.63) is 42.6 Å². The fraction of sp³-hybridized carbons (Fsp3) is 0.353. The molecular weight excluding hydrogens is 451 g/mol. The van der Waals surface area contributed by atoms with E-state index in [4.69, 9.17) is 14.0 Å². The van der Waals surface area contributed by atoms with Crippen LogP contribution in [-0.2, 0) is 14.9 Å². The lowest BCUT2D eigenvalue weighted by Gasteiger charge is -2.38. The van der Waals surface area contributed by atoms with Crippen LogP contribution < -0.4 is 9.47 Å². The van der Waals surface area contributed by atoms with Crippen LogP contribution in [0.3, 0.4) is 0 Å². The van der Waals surface area contributed by atoms with E-state index in [-0.39, 0.29) is 5.75 Å². The van der Waals surface area contributed by atoms with Crippen molar-refractivity contribution in [2.24, 2.45) is 0 Å². The number of hydrogen-bond donors (Lipinski definition) is 4. The van der Waals surface area contributed by atoms with Gasteiger partial charge in [-0.05, 0) is 36.4 Å². The highest BCUT2D eigenvalue weighted by atomic mass is 32.2. The molecule has 0 spiro atoms. The first kappa shape index (κ1) is 23.2. The molecule has 5 atom stereocenters. The predicted octanol–water partition coefficient (Wildman–Crippen LogP) is 0.679. The highest BCUT2D eigenvalue weighted by Gasteiger charge is 2.50. The predicted molar refractivity (Wildman–Crippen MR) is 95.2 cm³/mol. The Labute approximate surface area is 173 Å². The number of aliphatic hydroxyl groups excluding tert-OH is 3. The number of aromatic nitrogens is 1. The summed E-state index contributed by atoms with van der Waals surface area (Å²) in [5, 5.41) is 29.4. The zero-order chi connectivity index (χ0) is 23.0. The smallest absolute Gasteiger partial charge is 0.460 e. The normalized spacial score (nSPS) is 27.0. The molecule has 0 saturated carbocycles. The molecule has 31 heavy (non-hydrogen) atoms. The molecule has 10 nitrogen and oxygen atoms in total. The second-order valence-corrected chi connectivity index (χ2v) is 7.92. The minimum absolute atomic E-state index is 0.0393. The van der Waals surface area contributed by atoms with E-state index in [0.29, 0.717) is 11.3 Å². The van der Waals surface area contributed by atoms with Gasteiger partial charge in [0.2, 0.25) is 11.7 Å². The minimum atomic E-state index is -4.93. The van der Waals surface area contributed by atoms with E-state index in [9.17, 15) is 36.9 Å². The van der Waals surface area contributed by atoms with Gasteiger partial charge < -0.3 is 29.5 Å². The van der Waals surface area contributed by atoms with E-state index in [0.717, 1.165) is 18.3 Å². The molecule has 4 N–H and O–H groups in total. The lowest BCUT2D eigenvalue weighted by Crippen LogP contribution is -2.61. The van der Waals surface area contributed by atoms with Crippen molar-refractivity contribution in [2.75, 3.05) is 0 Å². The van der Waals surface area contributed by atoms with Crippen molar-refractivity contribution in [3.63, 3.8) is 0 Å². The van der Waals surface area contributed by atoms with Gasteiger partial charge in [0.05, 0.1) is 11.9 Å². The molecule has 1 fully saturated rings. The third-order valence-corrected chi connectivity index (χ3v) is 5.17. The Bertz CT molecular complexity index is 999. The Hall–Kier alpha value is -2.49. The molecule has 14 heteroatoms. The van der Waals surface area contributed by atoms with Gasteiger partial charge in [0, 0.05) is 5.56 Å². The van der Waals surface area contributed by atoms with Gasteiger partial charge in [-0.3, -0.25) is 9.54 Å². The number of pyridine rings is 1. The summed E-state index contributed by atoms with van der Waals surface area (Å²) in [4.78, 5) is 4.04. The maximum atomic E-state index is 12.2. The van der Waals surface area contributed by atoms with Gasteiger partial charge in [0.15, 0.2) is 0 Å². The molecule has 0 bridgehead atoms. The fourth-order valence-corrected chi connectivity index (χ4v) is 3.51. The second-order valence-electron chi connectivity index (χ2n) is 6.43. The first-order valence-electron chi connectivity index (χ1n) is 8.50. The summed E-state index contributed by atoms with van der Waals surface area (Å²) in [6.07, 6.45) is -11.4. The van der Waals surface area contributed by atoms with Gasteiger partial charge in [0.25, 0.3) is 10.1 Å². The van der Waals surface area contributed by atoms with Crippen LogP contribution in [-0.4, -0.2) is 69.7 Å². The van der Waals surface area contributed by atoms with Gasteiger partial charge in [0.1, 0.15) is 29.8 Å². The molecule has 1 unspecified atom stereocenters. The van der Waals surface area contributed by atoms with E-state index in [1.54, 1.807) is 0 Å². The lowest BCUT2D eigenvalue weighted by molar-refractivity contribution is -0.274. The van der Waals surface area contributed by atoms with E-state index < -0.39 is 52.3 Å². The monoisotopic (exact) mass is 467 g/mol. The Morgan fingerprint density at radius 3 is 2.06 bits per heavy atom. The molecule has 0 radical (unpaired) electrons.